The topological polar surface area (TPSA) is 61.9 Å². The number of nitrogens with one attached hydrogen (secondary N) is 1. The molecular weight excluding hydrogens is 458 g/mol. The number of benzene rings is 2. The van der Waals surface area contributed by atoms with Gasteiger partial charge < -0.3 is 15.0 Å². The van der Waals surface area contributed by atoms with Gasteiger partial charge in [0.2, 0.25) is 5.91 Å². The average Bonchev–Trinajstić information content (AvgIpc) is 2.77. The predicted molar refractivity (Wildman–Crippen MR) is 124 cm³/mol. The van der Waals surface area contributed by atoms with Crippen LogP contribution in [0.25, 0.3) is 0 Å². The van der Waals surface area contributed by atoms with Crippen LogP contribution in [0.4, 0.5) is 10.5 Å². The number of amides is 3. The number of hydrogen-bond donors (Lipinski definition) is 1. The number of nitrogens with zero attached hydrogens (tertiary/aromatic N) is 2. The first-order chi connectivity index (χ1) is 14.9. The molecule has 0 radical (unpaired) electrons. The molecule has 31 heavy (non-hydrogen) atoms. The lowest BCUT2D eigenvalue weighted by molar-refractivity contribution is -0.126. The van der Waals surface area contributed by atoms with E-state index in [0.29, 0.717) is 26.2 Å². The van der Waals surface area contributed by atoms with E-state index in [9.17, 15) is 9.59 Å². The fraction of sp³-hybridized carbons (Fsp3) is 0.417. The Balaban J connectivity index is 1.42. The number of anilines is 1. The van der Waals surface area contributed by atoms with Crippen LogP contribution in [-0.2, 0) is 11.3 Å². The summed E-state index contributed by atoms with van der Waals surface area (Å²) in [6.07, 6.45) is 1.54. The van der Waals surface area contributed by atoms with Crippen molar-refractivity contribution in [1.29, 1.82) is 0 Å². The molecule has 0 aromatic heterocycles. The van der Waals surface area contributed by atoms with Gasteiger partial charge in [-0.1, -0.05) is 34.1 Å². The van der Waals surface area contributed by atoms with Gasteiger partial charge >= 0.3 is 6.03 Å². The highest BCUT2D eigenvalue weighted by atomic mass is 79.9. The molecule has 164 valence electrons. The van der Waals surface area contributed by atoms with Crippen molar-refractivity contribution in [2.75, 3.05) is 24.5 Å². The van der Waals surface area contributed by atoms with Crippen molar-refractivity contribution in [3.8, 4) is 5.75 Å². The molecule has 2 unspecified atom stereocenters. The molecule has 4 rings (SSSR count). The molecule has 0 spiro atoms. The summed E-state index contributed by atoms with van der Waals surface area (Å²) in [5.74, 6) is 0.544. The first-order valence-electron chi connectivity index (χ1n) is 10.8. The first kappa shape index (κ1) is 21.7. The van der Waals surface area contributed by atoms with Gasteiger partial charge in [0.1, 0.15) is 11.9 Å². The van der Waals surface area contributed by atoms with Crippen LogP contribution >= 0.6 is 15.9 Å². The average molecular weight is 486 g/mol. The Morgan fingerprint density at radius 3 is 2.84 bits per heavy atom. The molecule has 1 saturated heterocycles. The van der Waals surface area contributed by atoms with Crippen molar-refractivity contribution in [3.63, 3.8) is 0 Å². The minimum absolute atomic E-state index is 0.00376. The Kier molecular flexibility index (Phi) is 6.51. The van der Waals surface area contributed by atoms with Gasteiger partial charge in [-0.05, 0) is 62.1 Å². The molecule has 1 fully saturated rings. The molecule has 2 aromatic rings. The molecule has 2 aliphatic heterocycles. The number of urea groups is 1. The van der Waals surface area contributed by atoms with Crippen LogP contribution in [0.3, 0.4) is 0 Å². The second-order valence-electron chi connectivity index (χ2n) is 8.43. The van der Waals surface area contributed by atoms with E-state index in [4.69, 9.17) is 4.74 Å². The summed E-state index contributed by atoms with van der Waals surface area (Å²) in [4.78, 5) is 29.8. The molecule has 2 aliphatic rings. The van der Waals surface area contributed by atoms with Crippen LogP contribution in [0.5, 0.6) is 5.75 Å². The van der Waals surface area contributed by atoms with Crippen LogP contribution in [0.15, 0.2) is 46.9 Å². The Labute approximate surface area is 191 Å². The third-order valence-corrected chi connectivity index (χ3v) is 6.32. The Hall–Kier alpha value is -2.54. The van der Waals surface area contributed by atoms with Crippen molar-refractivity contribution >= 4 is 33.6 Å². The number of carbonyl (C=O) groups excluding carboxylic acids is 2. The van der Waals surface area contributed by atoms with E-state index in [0.717, 1.165) is 39.9 Å². The van der Waals surface area contributed by atoms with Gasteiger partial charge in [0, 0.05) is 24.1 Å². The lowest BCUT2D eigenvalue weighted by Gasteiger charge is -2.39. The zero-order valence-corrected chi connectivity index (χ0v) is 19.5. The van der Waals surface area contributed by atoms with Crippen LogP contribution < -0.4 is 15.0 Å². The van der Waals surface area contributed by atoms with Crippen LogP contribution in [-0.4, -0.2) is 42.6 Å². The summed E-state index contributed by atoms with van der Waals surface area (Å²) in [6.45, 7) is 6.07. The van der Waals surface area contributed by atoms with Crippen molar-refractivity contribution in [2.45, 2.75) is 39.3 Å². The molecule has 7 heteroatoms. The minimum Gasteiger partial charge on any atom is -0.487 e. The van der Waals surface area contributed by atoms with Gasteiger partial charge in [-0.2, -0.15) is 0 Å². The Morgan fingerprint density at radius 2 is 2.03 bits per heavy atom. The van der Waals surface area contributed by atoms with Crippen molar-refractivity contribution < 1.29 is 14.3 Å². The number of fused-ring (bicyclic) bond motifs is 1. The smallest absolute Gasteiger partial charge is 0.324 e. The quantitative estimate of drug-likeness (QED) is 0.696. The summed E-state index contributed by atoms with van der Waals surface area (Å²) < 4.78 is 6.91. The number of piperidine rings is 1. The summed E-state index contributed by atoms with van der Waals surface area (Å²) in [5, 5.41) is 3.03. The van der Waals surface area contributed by atoms with E-state index in [2.05, 4.69) is 21.2 Å². The molecule has 6 nitrogen and oxygen atoms in total. The molecule has 1 N–H and O–H groups in total. The zero-order chi connectivity index (χ0) is 22.0. The maximum absolute atomic E-state index is 13.4. The van der Waals surface area contributed by atoms with Crippen molar-refractivity contribution in [2.24, 2.45) is 5.92 Å². The SMILES string of the molecule is Cc1ccc2c(c1)N(C(=O)N1CCCC(C(=O)NCc3cccc(Br)c3)C1)CC(C)O2. The van der Waals surface area contributed by atoms with E-state index in [1.807, 2.05) is 61.2 Å². The highest BCUT2D eigenvalue weighted by Gasteiger charge is 2.34. The predicted octanol–water partition coefficient (Wildman–Crippen LogP) is 4.49. The molecule has 2 aromatic carbocycles. The maximum Gasteiger partial charge on any atom is 0.324 e. The highest BCUT2D eigenvalue weighted by molar-refractivity contribution is 9.10. The minimum atomic E-state index is -0.194. The van der Waals surface area contributed by atoms with Gasteiger partial charge in [0.05, 0.1) is 18.2 Å². The Morgan fingerprint density at radius 1 is 1.19 bits per heavy atom. The fourth-order valence-electron chi connectivity index (χ4n) is 4.24. The largest absolute Gasteiger partial charge is 0.487 e. The third kappa shape index (κ3) is 5.03. The summed E-state index contributed by atoms with van der Waals surface area (Å²) in [7, 11) is 0. The summed E-state index contributed by atoms with van der Waals surface area (Å²) in [6, 6.07) is 13.8. The number of carbonyl (C=O) groups is 2. The van der Waals surface area contributed by atoms with E-state index >= 15 is 0 Å². The van der Waals surface area contributed by atoms with Crippen LogP contribution in [0, 0.1) is 12.8 Å². The van der Waals surface area contributed by atoms with Gasteiger partial charge in [-0.3, -0.25) is 9.69 Å². The Bertz CT molecular complexity index is 980. The zero-order valence-electron chi connectivity index (χ0n) is 17.9. The standard InChI is InChI=1S/C24H28BrN3O3/c1-16-8-9-22-21(11-16)28(14-17(2)31-22)24(30)27-10-4-6-19(15-27)23(29)26-13-18-5-3-7-20(25)12-18/h3,5,7-9,11-12,17,19H,4,6,10,13-15H2,1-2H3,(H,26,29). The summed E-state index contributed by atoms with van der Waals surface area (Å²) in [5.41, 5.74) is 2.93. The third-order valence-electron chi connectivity index (χ3n) is 5.82. The molecule has 2 heterocycles. The second-order valence-corrected chi connectivity index (χ2v) is 9.34. The number of halogens is 1. The maximum atomic E-state index is 13.4. The number of likely N-dealkylation sites (tertiary alicyclic amines) is 1. The molecule has 0 aliphatic carbocycles. The molecule has 0 saturated carbocycles. The van der Waals surface area contributed by atoms with E-state index in [-0.39, 0.29) is 24.0 Å². The number of ether oxygens (including phenoxy) is 1. The molecule has 2 atom stereocenters. The fourth-order valence-corrected chi connectivity index (χ4v) is 4.69. The van der Waals surface area contributed by atoms with Gasteiger partial charge in [-0.15, -0.1) is 0 Å². The molecular formula is C24H28BrN3O3. The summed E-state index contributed by atoms with van der Waals surface area (Å²) >= 11 is 3.46. The van der Waals surface area contributed by atoms with Crippen LogP contribution in [0.1, 0.15) is 30.9 Å². The molecule has 0 bridgehead atoms. The number of hydrogen-bond acceptors (Lipinski definition) is 3. The normalized spacial score (nSPS) is 20.6. The van der Waals surface area contributed by atoms with Gasteiger partial charge in [-0.25, -0.2) is 4.79 Å². The molecule has 3 amide bonds. The second kappa shape index (κ2) is 9.30. The number of aryl methyl sites for hydroxylation is 1. The van der Waals surface area contributed by atoms with Gasteiger partial charge in [0.25, 0.3) is 0 Å². The lowest BCUT2D eigenvalue weighted by atomic mass is 9.97. The lowest BCUT2D eigenvalue weighted by Crippen LogP contribution is -2.53. The van der Waals surface area contributed by atoms with E-state index < -0.39 is 0 Å². The van der Waals surface area contributed by atoms with Gasteiger partial charge in [0.15, 0.2) is 0 Å². The first-order valence-corrected chi connectivity index (χ1v) is 11.6. The van der Waals surface area contributed by atoms with E-state index in [1.54, 1.807) is 4.90 Å². The van der Waals surface area contributed by atoms with Crippen LogP contribution in [0.2, 0.25) is 0 Å². The van der Waals surface area contributed by atoms with E-state index in [1.165, 1.54) is 0 Å². The number of rotatable bonds is 3. The monoisotopic (exact) mass is 485 g/mol. The highest BCUT2D eigenvalue weighted by Crippen LogP contribution is 2.35. The van der Waals surface area contributed by atoms with Crippen molar-refractivity contribution in [1.82, 2.24) is 10.2 Å². The van der Waals surface area contributed by atoms with Crippen molar-refractivity contribution in [3.05, 3.63) is 58.1 Å².